The van der Waals surface area contributed by atoms with Crippen LogP contribution in [-0.2, 0) is 0 Å². The van der Waals surface area contributed by atoms with Crippen molar-refractivity contribution in [2.24, 2.45) is 0 Å². The molecule has 0 aliphatic carbocycles. The van der Waals surface area contributed by atoms with Gasteiger partial charge in [-0.1, -0.05) is 82.4 Å². The first-order valence-electron chi connectivity index (χ1n) is 8.16. The van der Waals surface area contributed by atoms with E-state index < -0.39 is 0 Å². The fourth-order valence-corrected chi connectivity index (χ4v) is 1.91. The summed E-state index contributed by atoms with van der Waals surface area (Å²) in [7, 11) is 0. The molecule has 0 spiro atoms. The molecule has 0 saturated carbocycles. The van der Waals surface area contributed by atoms with Crippen molar-refractivity contribution in [2.75, 3.05) is 0 Å². The average molecular weight is 261 g/mol. The van der Waals surface area contributed by atoms with Gasteiger partial charge in [0.25, 0.3) is 0 Å². The third kappa shape index (κ3) is 17.2. The summed E-state index contributed by atoms with van der Waals surface area (Å²) in [5.41, 5.74) is 0. The van der Waals surface area contributed by atoms with Crippen LogP contribution in [0.25, 0.3) is 0 Å². The quantitative estimate of drug-likeness (QED) is 0.252. The monoisotopic (exact) mass is 261 g/mol. The first-order chi connectivity index (χ1) is 9.41. The van der Waals surface area contributed by atoms with Crippen LogP contribution in [0, 0.1) is 6.92 Å². The van der Waals surface area contributed by atoms with Crippen LogP contribution in [-0.4, -0.2) is 0 Å². The predicted octanol–water partition coefficient (Wildman–Crippen LogP) is 6.80. The van der Waals surface area contributed by atoms with E-state index in [0.717, 1.165) is 19.3 Å². The molecule has 109 valence electrons. The first kappa shape index (κ1) is 18.2. The molecule has 0 N–H and O–H groups in total. The minimum Gasteiger partial charge on any atom is -0.0882 e. The van der Waals surface area contributed by atoms with Crippen molar-refractivity contribution in [1.29, 1.82) is 0 Å². The number of hydrogen-bond acceptors (Lipinski definition) is 0. The molecule has 1 radical (unpaired) electrons. The van der Waals surface area contributed by atoms with E-state index in [0.29, 0.717) is 0 Å². The van der Waals surface area contributed by atoms with E-state index in [4.69, 9.17) is 0 Å². The van der Waals surface area contributed by atoms with Crippen LogP contribution in [0.5, 0.6) is 0 Å². The van der Waals surface area contributed by atoms with Crippen molar-refractivity contribution >= 4 is 0 Å². The summed E-state index contributed by atoms with van der Waals surface area (Å²) < 4.78 is 0. The summed E-state index contributed by atoms with van der Waals surface area (Å²) in [5.74, 6) is 0. The number of unbranched alkanes of at least 4 members (excludes halogenated alkanes) is 7. The molecule has 0 rings (SSSR count). The lowest BCUT2D eigenvalue weighted by molar-refractivity contribution is 0.694. The molecule has 0 heteroatoms. The molecule has 0 fully saturated rings. The van der Waals surface area contributed by atoms with Crippen molar-refractivity contribution in [3.8, 4) is 0 Å². The molecule has 0 bridgehead atoms. The topological polar surface area (TPSA) is 0 Å². The van der Waals surface area contributed by atoms with Gasteiger partial charge in [-0.05, 0) is 38.5 Å². The zero-order chi connectivity index (χ0) is 14.0. The van der Waals surface area contributed by atoms with Gasteiger partial charge in [-0.3, -0.25) is 0 Å². The maximum absolute atomic E-state index is 3.86. The third-order valence-electron chi connectivity index (χ3n) is 3.14. The van der Waals surface area contributed by atoms with Gasteiger partial charge in [0.2, 0.25) is 0 Å². The lowest BCUT2D eigenvalue weighted by Gasteiger charge is -1.93. The van der Waals surface area contributed by atoms with Gasteiger partial charge in [0.1, 0.15) is 0 Å². The second-order valence-corrected chi connectivity index (χ2v) is 5.08. The van der Waals surface area contributed by atoms with Crippen LogP contribution in [0.1, 0.15) is 77.6 Å². The van der Waals surface area contributed by atoms with Crippen LogP contribution in [0.4, 0.5) is 0 Å². The molecule has 0 aromatic heterocycles. The zero-order valence-corrected chi connectivity index (χ0v) is 12.9. The molecular formula is C19H33. The van der Waals surface area contributed by atoms with E-state index in [9.17, 15) is 0 Å². The molecule has 0 amide bonds. The van der Waals surface area contributed by atoms with Gasteiger partial charge in [0, 0.05) is 0 Å². The molecule has 0 aromatic carbocycles. The SMILES string of the molecule is [CH2]CCCCC/C=C\CC=CCC=CCCCCC. The molecule has 19 heavy (non-hydrogen) atoms. The number of rotatable bonds is 13. The maximum atomic E-state index is 3.86. The van der Waals surface area contributed by atoms with Crippen LogP contribution in [0.3, 0.4) is 0 Å². The van der Waals surface area contributed by atoms with Gasteiger partial charge in [-0.15, -0.1) is 0 Å². The van der Waals surface area contributed by atoms with Crippen molar-refractivity contribution in [1.82, 2.24) is 0 Å². The lowest BCUT2D eigenvalue weighted by atomic mass is 10.1. The summed E-state index contributed by atoms with van der Waals surface area (Å²) in [5, 5.41) is 0. The van der Waals surface area contributed by atoms with E-state index in [1.165, 1.54) is 51.4 Å². The van der Waals surface area contributed by atoms with E-state index >= 15 is 0 Å². The van der Waals surface area contributed by atoms with Crippen molar-refractivity contribution in [3.63, 3.8) is 0 Å². The van der Waals surface area contributed by atoms with Crippen molar-refractivity contribution in [2.45, 2.75) is 77.6 Å². The molecule has 0 nitrogen and oxygen atoms in total. The third-order valence-corrected chi connectivity index (χ3v) is 3.14. The van der Waals surface area contributed by atoms with Crippen LogP contribution < -0.4 is 0 Å². The molecule has 0 atom stereocenters. The normalized spacial score (nSPS) is 12.3. The number of allylic oxidation sites excluding steroid dienone is 6. The minimum atomic E-state index is 1.08. The second kappa shape index (κ2) is 17.2. The summed E-state index contributed by atoms with van der Waals surface area (Å²) in [6.45, 7) is 6.11. The molecule has 0 saturated heterocycles. The summed E-state index contributed by atoms with van der Waals surface area (Å²) in [6, 6.07) is 0. The highest BCUT2D eigenvalue weighted by Gasteiger charge is 1.83. The highest BCUT2D eigenvalue weighted by atomic mass is 13.9. The van der Waals surface area contributed by atoms with E-state index in [2.05, 4.69) is 50.3 Å². The Bertz CT molecular complexity index is 232. The maximum Gasteiger partial charge on any atom is -0.0169 e. The Hall–Kier alpha value is -0.780. The lowest BCUT2D eigenvalue weighted by Crippen LogP contribution is -1.73. The van der Waals surface area contributed by atoms with Crippen LogP contribution in [0.2, 0.25) is 0 Å². The average Bonchev–Trinajstić information content (AvgIpc) is 2.43. The Labute approximate surface area is 121 Å². The van der Waals surface area contributed by atoms with Crippen LogP contribution >= 0.6 is 0 Å². The molecule has 0 aromatic rings. The number of hydrogen-bond donors (Lipinski definition) is 0. The van der Waals surface area contributed by atoms with Gasteiger partial charge in [-0.2, -0.15) is 0 Å². The highest BCUT2D eigenvalue weighted by molar-refractivity contribution is 4.97. The Morgan fingerprint density at radius 1 is 0.632 bits per heavy atom. The van der Waals surface area contributed by atoms with Crippen molar-refractivity contribution < 1.29 is 0 Å². The second-order valence-electron chi connectivity index (χ2n) is 5.08. The van der Waals surface area contributed by atoms with Gasteiger partial charge in [-0.25, -0.2) is 0 Å². The smallest absolute Gasteiger partial charge is 0.0169 e. The van der Waals surface area contributed by atoms with E-state index in [1.807, 2.05) is 0 Å². The van der Waals surface area contributed by atoms with Gasteiger partial charge < -0.3 is 0 Å². The summed E-state index contributed by atoms with van der Waals surface area (Å²) in [4.78, 5) is 0. The van der Waals surface area contributed by atoms with E-state index in [-0.39, 0.29) is 0 Å². The zero-order valence-electron chi connectivity index (χ0n) is 12.9. The predicted molar refractivity (Wildman–Crippen MR) is 89.2 cm³/mol. The Morgan fingerprint density at radius 3 is 1.68 bits per heavy atom. The standard InChI is InChI=1S/C19H33/c1-3-5-7-9-11-13-15-17-19-18-16-14-12-10-8-6-4-2/h12-15,18-19H,1,3-11,16-17H2,2H3/b14-12?,15-13-,19-18?. The molecular weight excluding hydrogens is 228 g/mol. The summed E-state index contributed by atoms with van der Waals surface area (Å²) in [6.07, 6.45) is 27.4. The fraction of sp³-hybridized carbons (Fsp3) is 0.632. The van der Waals surface area contributed by atoms with Crippen LogP contribution in [0.15, 0.2) is 36.5 Å². The van der Waals surface area contributed by atoms with Gasteiger partial charge >= 0.3 is 0 Å². The first-order valence-corrected chi connectivity index (χ1v) is 8.16. The summed E-state index contributed by atoms with van der Waals surface area (Å²) >= 11 is 0. The molecule has 0 aliphatic heterocycles. The van der Waals surface area contributed by atoms with E-state index in [1.54, 1.807) is 0 Å². The molecule has 0 unspecified atom stereocenters. The minimum absolute atomic E-state index is 1.08. The molecule has 0 heterocycles. The van der Waals surface area contributed by atoms with Gasteiger partial charge in [0.05, 0.1) is 0 Å². The fourth-order valence-electron chi connectivity index (χ4n) is 1.91. The van der Waals surface area contributed by atoms with Gasteiger partial charge in [0.15, 0.2) is 0 Å². The largest absolute Gasteiger partial charge is 0.0882 e. The van der Waals surface area contributed by atoms with Crippen molar-refractivity contribution in [3.05, 3.63) is 43.4 Å². The Morgan fingerprint density at radius 2 is 1.16 bits per heavy atom. The highest BCUT2D eigenvalue weighted by Crippen LogP contribution is 2.03. The Balaban J connectivity index is 3.26. The Kier molecular flexibility index (Phi) is 16.5. The molecule has 0 aliphatic rings.